The normalized spacial score (nSPS) is 10.6. The van der Waals surface area contributed by atoms with Crippen LogP contribution in [0.15, 0.2) is 54.6 Å². The maximum atomic E-state index is 11.7. The van der Waals surface area contributed by atoms with E-state index in [-0.39, 0.29) is 11.7 Å². The number of benzene rings is 2. The molecule has 2 aromatic carbocycles. The Labute approximate surface area is 116 Å². The highest BCUT2D eigenvalue weighted by Gasteiger charge is 1.97. The molecule has 2 N–H and O–H groups in total. The van der Waals surface area contributed by atoms with Gasteiger partial charge in [0.25, 0.3) is 0 Å². The molecule has 96 valence electrons. The van der Waals surface area contributed by atoms with Gasteiger partial charge in [0, 0.05) is 16.8 Å². The molecule has 19 heavy (non-hydrogen) atoms. The summed E-state index contributed by atoms with van der Waals surface area (Å²) in [6, 6.07) is 13.5. The van der Waals surface area contributed by atoms with E-state index >= 15 is 0 Å². The predicted molar refractivity (Wildman–Crippen MR) is 77.2 cm³/mol. The minimum atomic E-state index is -0.236. The van der Waals surface area contributed by atoms with E-state index in [1.807, 2.05) is 12.1 Å². The van der Waals surface area contributed by atoms with Crippen molar-refractivity contribution in [2.45, 2.75) is 0 Å². The second-order valence-corrected chi connectivity index (χ2v) is 4.36. The highest BCUT2D eigenvalue weighted by molar-refractivity contribution is 6.30. The summed E-state index contributed by atoms with van der Waals surface area (Å²) in [7, 11) is 0. The van der Waals surface area contributed by atoms with Gasteiger partial charge in [0.2, 0.25) is 5.91 Å². The Hall–Kier alpha value is -2.26. The van der Waals surface area contributed by atoms with Crippen LogP contribution in [0.5, 0.6) is 5.75 Å². The molecule has 4 heteroatoms. The van der Waals surface area contributed by atoms with Crippen molar-refractivity contribution in [2.75, 3.05) is 5.32 Å². The largest absolute Gasteiger partial charge is 0.508 e. The minimum absolute atomic E-state index is 0.162. The number of aromatic hydroxyl groups is 1. The van der Waals surface area contributed by atoms with E-state index in [1.54, 1.807) is 30.3 Å². The first-order chi connectivity index (χ1) is 9.13. The second kappa shape index (κ2) is 6.07. The zero-order valence-corrected chi connectivity index (χ0v) is 10.8. The SMILES string of the molecule is O=C(/C=C/c1ccc(Cl)cc1)Nc1ccc(O)cc1. The Morgan fingerprint density at radius 1 is 1.05 bits per heavy atom. The fourth-order valence-corrected chi connectivity index (χ4v) is 1.60. The summed E-state index contributed by atoms with van der Waals surface area (Å²) < 4.78 is 0. The first kappa shape index (κ1) is 13.2. The smallest absolute Gasteiger partial charge is 0.248 e. The number of halogens is 1. The molecule has 0 saturated carbocycles. The van der Waals surface area contributed by atoms with Crippen molar-refractivity contribution in [2.24, 2.45) is 0 Å². The van der Waals surface area contributed by atoms with E-state index in [0.29, 0.717) is 10.7 Å². The lowest BCUT2D eigenvalue weighted by molar-refractivity contribution is -0.111. The van der Waals surface area contributed by atoms with Crippen LogP contribution >= 0.6 is 11.6 Å². The van der Waals surface area contributed by atoms with Crippen molar-refractivity contribution < 1.29 is 9.90 Å². The van der Waals surface area contributed by atoms with Crippen LogP contribution < -0.4 is 5.32 Å². The fourth-order valence-electron chi connectivity index (χ4n) is 1.47. The van der Waals surface area contributed by atoms with Crippen LogP contribution in [0.1, 0.15) is 5.56 Å². The van der Waals surface area contributed by atoms with Gasteiger partial charge in [-0.25, -0.2) is 0 Å². The number of anilines is 1. The monoisotopic (exact) mass is 273 g/mol. The molecule has 0 spiro atoms. The molecule has 2 rings (SSSR count). The van der Waals surface area contributed by atoms with Crippen molar-refractivity contribution in [3.63, 3.8) is 0 Å². The van der Waals surface area contributed by atoms with Crippen LogP contribution in [0, 0.1) is 0 Å². The number of hydrogen-bond acceptors (Lipinski definition) is 2. The Balaban J connectivity index is 1.97. The lowest BCUT2D eigenvalue weighted by Gasteiger charge is -2.01. The Morgan fingerprint density at radius 3 is 2.32 bits per heavy atom. The number of carbonyl (C=O) groups excluding carboxylic acids is 1. The summed E-state index contributed by atoms with van der Waals surface area (Å²) in [6.07, 6.45) is 3.14. The quantitative estimate of drug-likeness (QED) is 0.662. The molecule has 0 radical (unpaired) electrons. The Morgan fingerprint density at radius 2 is 1.68 bits per heavy atom. The standard InChI is InChI=1S/C15H12ClNO2/c16-12-4-1-11(2-5-12)3-10-15(19)17-13-6-8-14(18)9-7-13/h1-10,18H,(H,17,19)/b10-3+. The molecule has 0 unspecified atom stereocenters. The van der Waals surface area contributed by atoms with Crippen molar-refractivity contribution in [1.82, 2.24) is 0 Å². The van der Waals surface area contributed by atoms with Gasteiger partial charge in [-0.05, 0) is 48.0 Å². The maximum absolute atomic E-state index is 11.7. The van der Waals surface area contributed by atoms with Gasteiger partial charge in [-0.1, -0.05) is 23.7 Å². The van der Waals surface area contributed by atoms with E-state index in [0.717, 1.165) is 5.56 Å². The molecule has 1 amide bonds. The third-order valence-corrected chi connectivity index (χ3v) is 2.68. The van der Waals surface area contributed by atoms with Crippen LogP contribution in [0.25, 0.3) is 6.08 Å². The molecule has 3 nitrogen and oxygen atoms in total. The summed E-state index contributed by atoms with van der Waals surface area (Å²) in [5.41, 5.74) is 1.52. The molecule has 0 saturated heterocycles. The minimum Gasteiger partial charge on any atom is -0.508 e. The van der Waals surface area contributed by atoms with Crippen LogP contribution in [-0.2, 0) is 4.79 Å². The predicted octanol–water partition coefficient (Wildman–Crippen LogP) is 3.70. The lowest BCUT2D eigenvalue weighted by atomic mass is 10.2. The fraction of sp³-hybridized carbons (Fsp3) is 0. The van der Waals surface area contributed by atoms with E-state index in [2.05, 4.69) is 5.32 Å². The van der Waals surface area contributed by atoms with E-state index in [4.69, 9.17) is 16.7 Å². The third kappa shape index (κ3) is 4.16. The molecule has 2 aromatic rings. The van der Waals surface area contributed by atoms with Crippen LogP contribution in [0.3, 0.4) is 0 Å². The number of phenolic OH excluding ortho intramolecular Hbond substituents is 1. The van der Waals surface area contributed by atoms with Crippen LogP contribution in [-0.4, -0.2) is 11.0 Å². The van der Waals surface area contributed by atoms with Crippen molar-refractivity contribution >= 4 is 29.3 Å². The van der Waals surface area contributed by atoms with Crippen LogP contribution in [0.4, 0.5) is 5.69 Å². The highest BCUT2D eigenvalue weighted by Crippen LogP contribution is 2.14. The maximum Gasteiger partial charge on any atom is 0.248 e. The summed E-state index contributed by atoms with van der Waals surface area (Å²) in [6.45, 7) is 0. The zero-order chi connectivity index (χ0) is 13.7. The van der Waals surface area contributed by atoms with Crippen molar-refractivity contribution in [3.05, 3.63) is 65.2 Å². The number of carbonyl (C=O) groups is 1. The second-order valence-electron chi connectivity index (χ2n) is 3.92. The van der Waals surface area contributed by atoms with Gasteiger partial charge < -0.3 is 10.4 Å². The molecule has 0 aromatic heterocycles. The van der Waals surface area contributed by atoms with Gasteiger partial charge in [0.15, 0.2) is 0 Å². The van der Waals surface area contributed by atoms with Gasteiger partial charge in [0.1, 0.15) is 5.75 Å². The Bertz CT molecular complexity index is 589. The summed E-state index contributed by atoms with van der Waals surface area (Å²) in [5.74, 6) is -0.0738. The first-order valence-corrected chi connectivity index (χ1v) is 6.05. The third-order valence-electron chi connectivity index (χ3n) is 2.43. The van der Waals surface area contributed by atoms with Crippen molar-refractivity contribution in [3.8, 4) is 5.75 Å². The average molecular weight is 274 g/mol. The average Bonchev–Trinajstić information content (AvgIpc) is 2.41. The molecule has 0 bridgehead atoms. The van der Waals surface area contributed by atoms with E-state index in [1.165, 1.54) is 18.2 Å². The number of nitrogens with one attached hydrogen (secondary N) is 1. The molecular weight excluding hydrogens is 262 g/mol. The van der Waals surface area contributed by atoms with Gasteiger partial charge in [-0.2, -0.15) is 0 Å². The highest BCUT2D eigenvalue weighted by atomic mass is 35.5. The van der Waals surface area contributed by atoms with Gasteiger partial charge in [0.05, 0.1) is 0 Å². The summed E-state index contributed by atoms with van der Waals surface area (Å²) in [5, 5.41) is 12.5. The molecule has 0 atom stereocenters. The van der Waals surface area contributed by atoms with Gasteiger partial charge in [-0.3, -0.25) is 4.79 Å². The number of amides is 1. The first-order valence-electron chi connectivity index (χ1n) is 5.67. The molecule has 0 aliphatic heterocycles. The van der Waals surface area contributed by atoms with Gasteiger partial charge >= 0.3 is 0 Å². The van der Waals surface area contributed by atoms with Crippen molar-refractivity contribution in [1.29, 1.82) is 0 Å². The summed E-state index contributed by atoms with van der Waals surface area (Å²) >= 11 is 5.77. The lowest BCUT2D eigenvalue weighted by Crippen LogP contribution is -2.07. The molecular formula is C15H12ClNO2. The molecule has 0 fully saturated rings. The molecule has 0 heterocycles. The molecule has 0 aliphatic carbocycles. The number of rotatable bonds is 3. The topological polar surface area (TPSA) is 49.3 Å². The number of phenols is 1. The summed E-state index contributed by atoms with van der Waals surface area (Å²) in [4.78, 5) is 11.7. The van der Waals surface area contributed by atoms with E-state index < -0.39 is 0 Å². The van der Waals surface area contributed by atoms with Gasteiger partial charge in [-0.15, -0.1) is 0 Å². The zero-order valence-electron chi connectivity index (χ0n) is 10.0. The Kier molecular flexibility index (Phi) is 4.21. The number of hydrogen-bond donors (Lipinski definition) is 2. The van der Waals surface area contributed by atoms with Crippen LogP contribution in [0.2, 0.25) is 5.02 Å². The molecule has 0 aliphatic rings. The van der Waals surface area contributed by atoms with E-state index in [9.17, 15) is 4.79 Å².